The summed E-state index contributed by atoms with van der Waals surface area (Å²) in [4.78, 5) is 0.0902. The maximum Gasteiger partial charge on any atom is 0.122 e. The van der Waals surface area contributed by atoms with Gasteiger partial charge in [-0.15, -0.1) is 0 Å². The first kappa shape index (κ1) is 11.5. The number of para-hydroxylation sites is 1. The maximum absolute atomic E-state index is 9.70. The number of aliphatic hydroxyl groups excluding tert-OH is 1. The van der Waals surface area contributed by atoms with Crippen molar-refractivity contribution in [2.45, 2.75) is 24.3 Å². The molecule has 0 aromatic heterocycles. The van der Waals surface area contributed by atoms with Gasteiger partial charge in [0.1, 0.15) is 5.75 Å². The molecule has 0 aliphatic rings. The summed E-state index contributed by atoms with van der Waals surface area (Å²) >= 11 is 3.35. The third-order valence-electron chi connectivity index (χ3n) is 2.15. The molecule has 0 amide bonds. The van der Waals surface area contributed by atoms with Crippen LogP contribution in [-0.4, -0.2) is 23.1 Å². The molecular formula is C11H15BrO2. The standard InChI is InChI=1S/C11H15BrO2/c1-8(12)10(13)7-9-5-3-4-6-11(9)14-2/h3-6,8,10,13H,7H2,1-2H3. The molecule has 14 heavy (non-hydrogen) atoms. The number of alkyl halides is 1. The van der Waals surface area contributed by atoms with Crippen LogP contribution < -0.4 is 4.74 Å². The molecule has 0 bridgehead atoms. The molecule has 0 saturated heterocycles. The summed E-state index contributed by atoms with van der Waals surface area (Å²) in [7, 11) is 1.64. The van der Waals surface area contributed by atoms with Gasteiger partial charge in [0.2, 0.25) is 0 Å². The molecule has 78 valence electrons. The Morgan fingerprint density at radius 1 is 1.43 bits per heavy atom. The van der Waals surface area contributed by atoms with E-state index in [-0.39, 0.29) is 10.9 Å². The van der Waals surface area contributed by atoms with Crippen molar-refractivity contribution in [1.82, 2.24) is 0 Å². The zero-order valence-electron chi connectivity index (χ0n) is 8.40. The highest BCUT2D eigenvalue weighted by molar-refractivity contribution is 9.09. The van der Waals surface area contributed by atoms with Gasteiger partial charge >= 0.3 is 0 Å². The largest absolute Gasteiger partial charge is 0.496 e. The van der Waals surface area contributed by atoms with Crippen molar-refractivity contribution < 1.29 is 9.84 Å². The first-order chi connectivity index (χ1) is 6.65. The van der Waals surface area contributed by atoms with Gasteiger partial charge in [0.05, 0.1) is 13.2 Å². The predicted octanol–water partition coefficient (Wildman–Crippen LogP) is 2.38. The van der Waals surface area contributed by atoms with Crippen LogP contribution in [0, 0.1) is 0 Å². The van der Waals surface area contributed by atoms with E-state index >= 15 is 0 Å². The molecular weight excluding hydrogens is 244 g/mol. The Hall–Kier alpha value is -0.540. The highest BCUT2D eigenvalue weighted by Gasteiger charge is 2.13. The first-order valence-electron chi connectivity index (χ1n) is 4.59. The number of aliphatic hydroxyl groups is 1. The Morgan fingerprint density at radius 2 is 2.07 bits per heavy atom. The highest BCUT2D eigenvalue weighted by Crippen LogP contribution is 2.20. The van der Waals surface area contributed by atoms with Gasteiger partial charge in [0.25, 0.3) is 0 Å². The molecule has 0 saturated carbocycles. The third kappa shape index (κ3) is 3.00. The van der Waals surface area contributed by atoms with Crippen LogP contribution in [0.1, 0.15) is 12.5 Å². The maximum atomic E-state index is 9.70. The molecule has 2 atom stereocenters. The Labute approximate surface area is 93.0 Å². The van der Waals surface area contributed by atoms with Gasteiger partial charge in [0, 0.05) is 11.2 Å². The van der Waals surface area contributed by atoms with E-state index in [1.54, 1.807) is 7.11 Å². The smallest absolute Gasteiger partial charge is 0.122 e. The van der Waals surface area contributed by atoms with E-state index in [0.717, 1.165) is 11.3 Å². The second-order valence-corrected chi connectivity index (χ2v) is 4.71. The van der Waals surface area contributed by atoms with E-state index in [1.807, 2.05) is 31.2 Å². The van der Waals surface area contributed by atoms with Crippen LogP contribution in [0.2, 0.25) is 0 Å². The van der Waals surface area contributed by atoms with E-state index < -0.39 is 0 Å². The molecule has 0 spiro atoms. The summed E-state index contributed by atoms with van der Waals surface area (Å²) in [6.45, 7) is 1.93. The molecule has 1 aromatic carbocycles. The summed E-state index contributed by atoms with van der Waals surface area (Å²) in [5.41, 5.74) is 1.04. The number of hydrogen-bond acceptors (Lipinski definition) is 2. The fraction of sp³-hybridized carbons (Fsp3) is 0.455. The molecule has 1 aromatic rings. The molecule has 2 nitrogen and oxygen atoms in total. The van der Waals surface area contributed by atoms with Gasteiger partial charge in [0.15, 0.2) is 0 Å². The van der Waals surface area contributed by atoms with Crippen molar-refractivity contribution in [2.24, 2.45) is 0 Å². The number of benzene rings is 1. The molecule has 0 radical (unpaired) electrons. The van der Waals surface area contributed by atoms with Crippen molar-refractivity contribution >= 4 is 15.9 Å². The topological polar surface area (TPSA) is 29.5 Å². The van der Waals surface area contributed by atoms with E-state index in [2.05, 4.69) is 15.9 Å². The van der Waals surface area contributed by atoms with Gasteiger partial charge in [-0.05, 0) is 11.6 Å². The minimum atomic E-state index is -0.383. The Bertz CT molecular complexity index is 286. The van der Waals surface area contributed by atoms with E-state index in [4.69, 9.17) is 4.74 Å². The number of halogens is 1. The van der Waals surface area contributed by atoms with Crippen LogP contribution in [-0.2, 0) is 6.42 Å². The lowest BCUT2D eigenvalue weighted by molar-refractivity contribution is 0.177. The van der Waals surface area contributed by atoms with E-state index in [0.29, 0.717) is 6.42 Å². The fourth-order valence-electron chi connectivity index (χ4n) is 1.26. The SMILES string of the molecule is COc1ccccc1CC(O)C(C)Br. The summed E-state index contributed by atoms with van der Waals surface area (Å²) in [5.74, 6) is 0.833. The lowest BCUT2D eigenvalue weighted by Crippen LogP contribution is -2.20. The van der Waals surface area contributed by atoms with Crippen molar-refractivity contribution in [2.75, 3.05) is 7.11 Å². The van der Waals surface area contributed by atoms with Crippen molar-refractivity contribution in [3.63, 3.8) is 0 Å². The minimum Gasteiger partial charge on any atom is -0.496 e. The van der Waals surface area contributed by atoms with Crippen LogP contribution in [0.4, 0.5) is 0 Å². The summed E-state index contributed by atoms with van der Waals surface area (Å²) in [6.07, 6.45) is 0.225. The van der Waals surface area contributed by atoms with Crippen LogP contribution in [0.5, 0.6) is 5.75 Å². The summed E-state index contributed by atoms with van der Waals surface area (Å²) in [5, 5.41) is 9.70. The molecule has 1 rings (SSSR count). The second-order valence-electron chi connectivity index (χ2n) is 3.26. The zero-order valence-corrected chi connectivity index (χ0v) is 9.99. The molecule has 0 aliphatic heterocycles. The van der Waals surface area contributed by atoms with Crippen LogP contribution in [0.15, 0.2) is 24.3 Å². The predicted molar refractivity (Wildman–Crippen MR) is 61.1 cm³/mol. The van der Waals surface area contributed by atoms with E-state index in [9.17, 15) is 5.11 Å². The Morgan fingerprint density at radius 3 is 2.64 bits per heavy atom. The zero-order chi connectivity index (χ0) is 10.6. The minimum absolute atomic E-state index is 0.0902. The number of methoxy groups -OCH3 is 1. The Balaban J connectivity index is 2.75. The third-order valence-corrected chi connectivity index (χ3v) is 2.76. The number of hydrogen-bond donors (Lipinski definition) is 1. The molecule has 0 heterocycles. The molecule has 2 unspecified atom stereocenters. The van der Waals surface area contributed by atoms with Gasteiger partial charge in [-0.1, -0.05) is 41.1 Å². The number of rotatable bonds is 4. The van der Waals surface area contributed by atoms with Crippen LogP contribution in [0.3, 0.4) is 0 Å². The average molecular weight is 259 g/mol. The molecule has 0 aliphatic carbocycles. The first-order valence-corrected chi connectivity index (χ1v) is 5.50. The monoisotopic (exact) mass is 258 g/mol. The van der Waals surface area contributed by atoms with Crippen molar-refractivity contribution in [1.29, 1.82) is 0 Å². The summed E-state index contributed by atoms with van der Waals surface area (Å²) in [6, 6.07) is 7.74. The van der Waals surface area contributed by atoms with Gasteiger partial charge < -0.3 is 9.84 Å². The quantitative estimate of drug-likeness (QED) is 0.841. The fourth-order valence-corrected chi connectivity index (χ4v) is 1.45. The van der Waals surface area contributed by atoms with E-state index in [1.165, 1.54) is 0 Å². The lowest BCUT2D eigenvalue weighted by atomic mass is 10.1. The number of ether oxygens (including phenoxy) is 1. The average Bonchev–Trinajstić information content (AvgIpc) is 2.18. The second kappa shape index (κ2) is 5.37. The molecule has 3 heteroatoms. The van der Waals surface area contributed by atoms with Crippen LogP contribution >= 0.6 is 15.9 Å². The molecule has 1 N–H and O–H groups in total. The van der Waals surface area contributed by atoms with Gasteiger partial charge in [-0.2, -0.15) is 0 Å². The molecule has 0 fully saturated rings. The van der Waals surface area contributed by atoms with Crippen molar-refractivity contribution in [3.8, 4) is 5.75 Å². The van der Waals surface area contributed by atoms with Crippen molar-refractivity contribution in [3.05, 3.63) is 29.8 Å². The summed E-state index contributed by atoms with van der Waals surface area (Å²) < 4.78 is 5.20. The highest BCUT2D eigenvalue weighted by atomic mass is 79.9. The van der Waals surface area contributed by atoms with Gasteiger partial charge in [-0.3, -0.25) is 0 Å². The normalized spacial score (nSPS) is 14.9. The Kier molecular flexibility index (Phi) is 4.42. The lowest BCUT2D eigenvalue weighted by Gasteiger charge is -2.14. The van der Waals surface area contributed by atoms with Crippen LogP contribution in [0.25, 0.3) is 0 Å². The van der Waals surface area contributed by atoms with Gasteiger partial charge in [-0.25, -0.2) is 0 Å².